The SMILES string of the molecule is CCC(C)(NC(=O)c1ccc(N)c([N+](=O)[O-])c1)C(=O)CCl. The maximum atomic E-state index is 12.2. The van der Waals surface area contributed by atoms with Crippen LogP contribution < -0.4 is 11.1 Å². The summed E-state index contributed by atoms with van der Waals surface area (Å²) >= 11 is 5.53. The lowest BCUT2D eigenvalue weighted by atomic mass is 9.93. The second kappa shape index (κ2) is 6.53. The van der Waals surface area contributed by atoms with E-state index in [1.165, 1.54) is 12.1 Å². The lowest BCUT2D eigenvalue weighted by molar-refractivity contribution is -0.383. The van der Waals surface area contributed by atoms with Crippen LogP contribution in [0.2, 0.25) is 0 Å². The molecule has 0 radical (unpaired) electrons. The van der Waals surface area contributed by atoms with Crippen molar-refractivity contribution < 1.29 is 14.5 Å². The Morgan fingerprint density at radius 1 is 1.48 bits per heavy atom. The normalized spacial score (nSPS) is 13.3. The molecule has 1 amide bonds. The van der Waals surface area contributed by atoms with Gasteiger partial charge in [0.15, 0.2) is 5.78 Å². The van der Waals surface area contributed by atoms with E-state index >= 15 is 0 Å². The van der Waals surface area contributed by atoms with Crippen molar-refractivity contribution >= 4 is 34.7 Å². The summed E-state index contributed by atoms with van der Waals surface area (Å²) in [5, 5.41) is 13.4. The molecule has 0 aliphatic rings. The Balaban J connectivity index is 3.07. The fourth-order valence-electron chi connectivity index (χ4n) is 1.67. The van der Waals surface area contributed by atoms with Gasteiger partial charge in [-0.25, -0.2) is 0 Å². The Hall–Kier alpha value is -2.15. The predicted octanol–water partition coefficient (Wildman–Crippen LogP) is 1.88. The largest absolute Gasteiger partial charge is 0.393 e. The summed E-state index contributed by atoms with van der Waals surface area (Å²) in [5.41, 5.74) is 4.01. The van der Waals surface area contributed by atoms with Crippen molar-refractivity contribution in [2.24, 2.45) is 0 Å². The van der Waals surface area contributed by atoms with E-state index < -0.39 is 16.4 Å². The summed E-state index contributed by atoms with van der Waals surface area (Å²) in [6.45, 7) is 3.29. The van der Waals surface area contributed by atoms with Crippen LogP contribution in [0, 0.1) is 10.1 Å². The van der Waals surface area contributed by atoms with Gasteiger partial charge in [-0.3, -0.25) is 19.7 Å². The monoisotopic (exact) mass is 313 g/mol. The van der Waals surface area contributed by atoms with E-state index in [1.54, 1.807) is 13.8 Å². The number of nitro benzene ring substituents is 1. The molecule has 1 rings (SSSR count). The third-order valence-corrected chi connectivity index (χ3v) is 3.57. The van der Waals surface area contributed by atoms with Gasteiger partial charge in [0.25, 0.3) is 11.6 Å². The number of anilines is 1. The molecule has 0 bridgehead atoms. The van der Waals surface area contributed by atoms with Gasteiger partial charge >= 0.3 is 0 Å². The smallest absolute Gasteiger partial charge is 0.292 e. The number of nitrogens with one attached hydrogen (secondary N) is 1. The highest BCUT2D eigenvalue weighted by Gasteiger charge is 2.32. The number of halogens is 1. The minimum atomic E-state index is -1.12. The fourth-order valence-corrected chi connectivity index (χ4v) is 1.96. The van der Waals surface area contributed by atoms with Crippen LogP contribution in [0.15, 0.2) is 18.2 Å². The molecule has 1 aromatic rings. The Morgan fingerprint density at radius 3 is 2.57 bits per heavy atom. The first-order valence-electron chi connectivity index (χ1n) is 6.21. The number of benzene rings is 1. The third kappa shape index (κ3) is 3.69. The van der Waals surface area contributed by atoms with Crippen LogP contribution in [0.1, 0.15) is 30.6 Å². The van der Waals surface area contributed by atoms with Crippen molar-refractivity contribution in [1.29, 1.82) is 0 Å². The van der Waals surface area contributed by atoms with Gasteiger partial charge in [0.1, 0.15) is 5.69 Å². The molecule has 7 nitrogen and oxygen atoms in total. The van der Waals surface area contributed by atoms with Gasteiger partial charge in [-0.2, -0.15) is 0 Å². The van der Waals surface area contributed by atoms with Crippen LogP contribution in [-0.2, 0) is 4.79 Å². The van der Waals surface area contributed by atoms with Crippen molar-refractivity contribution in [2.45, 2.75) is 25.8 Å². The molecule has 0 aliphatic heterocycles. The number of alkyl halides is 1. The maximum absolute atomic E-state index is 12.2. The molecule has 0 saturated carbocycles. The number of carbonyl (C=O) groups excluding carboxylic acids is 2. The van der Waals surface area contributed by atoms with E-state index in [0.717, 1.165) is 6.07 Å². The van der Waals surface area contributed by atoms with Gasteiger partial charge in [-0.05, 0) is 25.5 Å². The van der Waals surface area contributed by atoms with Crippen LogP contribution in [0.4, 0.5) is 11.4 Å². The van der Waals surface area contributed by atoms with Crippen LogP contribution in [0.25, 0.3) is 0 Å². The van der Waals surface area contributed by atoms with Gasteiger partial charge in [-0.1, -0.05) is 6.92 Å². The molecule has 0 aromatic heterocycles. The first-order valence-corrected chi connectivity index (χ1v) is 6.74. The molecular weight excluding hydrogens is 298 g/mol. The van der Waals surface area contributed by atoms with Crippen LogP contribution in [0.5, 0.6) is 0 Å². The number of rotatable bonds is 6. The van der Waals surface area contributed by atoms with Crippen LogP contribution in [0.3, 0.4) is 0 Å². The van der Waals surface area contributed by atoms with Gasteiger partial charge in [-0.15, -0.1) is 11.6 Å². The van der Waals surface area contributed by atoms with E-state index in [9.17, 15) is 19.7 Å². The number of nitrogens with two attached hydrogens (primary N) is 1. The molecule has 3 N–H and O–H groups in total. The molecule has 0 spiro atoms. The lowest BCUT2D eigenvalue weighted by Gasteiger charge is -2.27. The van der Waals surface area contributed by atoms with E-state index in [1.807, 2.05) is 0 Å². The van der Waals surface area contributed by atoms with Crippen molar-refractivity contribution in [3.63, 3.8) is 0 Å². The van der Waals surface area contributed by atoms with E-state index in [0.29, 0.717) is 6.42 Å². The molecular formula is C13H16ClN3O4. The molecule has 8 heteroatoms. The molecule has 114 valence electrons. The number of hydrogen-bond donors (Lipinski definition) is 2. The number of nitrogens with zero attached hydrogens (tertiary/aromatic N) is 1. The summed E-state index contributed by atoms with van der Waals surface area (Å²) in [4.78, 5) is 34.1. The van der Waals surface area contributed by atoms with E-state index in [-0.39, 0.29) is 28.6 Å². The second-order valence-corrected chi connectivity index (χ2v) is 4.99. The Morgan fingerprint density at radius 2 is 2.10 bits per heavy atom. The van der Waals surface area contributed by atoms with Crippen LogP contribution in [-0.4, -0.2) is 28.0 Å². The zero-order valence-electron chi connectivity index (χ0n) is 11.7. The highest BCUT2D eigenvalue weighted by atomic mass is 35.5. The average Bonchev–Trinajstić information content (AvgIpc) is 2.46. The van der Waals surface area contributed by atoms with Crippen molar-refractivity contribution in [2.75, 3.05) is 11.6 Å². The Labute approximate surface area is 126 Å². The number of hydrogen-bond acceptors (Lipinski definition) is 5. The fraction of sp³-hybridized carbons (Fsp3) is 0.385. The average molecular weight is 314 g/mol. The van der Waals surface area contributed by atoms with Gasteiger partial charge in [0.2, 0.25) is 0 Å². The Kier molecular flexibility index (Phi) is 5.26. The molecule has 1 atom stereocenters. The van der Waals surface area contributed by atoms with Crippen molar-refractivity contribution in [1.82, 2.24) is 5.32 Å². The highest BCUT2D eigenvalue weighted by molar-refractivity contribution is 6.29. The summed E-state index contributed by atoms with van der Waals surface area (Å²) in [5.74, 6) is -1.15. The lowest BCUT2D eigenvalue weighted by Crippen LogP contribution is -2.52. The van der Waals surface area contributed by atoms with Crippen molar-refractivity contribution in [3.05, 3.63) is 33.9 Å². The summed E-state index contributed by atoms with van der Waals surface area (Å²) in [7, 11) is 0. The summed E-state index contributed by atoms with van der Waals surface area (Å²) < 4.78 is 0. The minimum Gasteiger partial charge on any atom is -0.393 e. The van der Waals surface area contributed by atoms with Crippen LogP contribution >= 0.6 is 11.6 Å². The third-order valence-electron chi connectivity index (χ3n) is 3.32. The first kappa shape index (κ1) is 16.9. The molecule has 21 heavy (non-hydrogen) atoms. The zero-order chi connectivity index (χ0) is 16.2. The first-order chi connectivity index (χ1) is 9.75. The van der Waals surface area contributed by atoms with Gasteiger partial charge < -0.3 is 11.1 Å². The zero-order valence-corrected chi connectivity index (χ0v) is 12.4. The number of carbonyl (C=O) groups is 2. The minimum absolute atomic E-state index is 0.0355. The van der Waals surface area contributed by atoms with Gasteiger partial charge in [0, 0.05) is 11.6 Å². The van der Waals surface area contributed by atoms with Crippen molar-refractivity contribution in [3.8, 4) is 0 Å². The number of ketones is 1. The number of nitrogen functional groups attached to an aromatic ring is 1. The number of nitro groups is 1. The van der Waals surface area contributed by atoms with Gasteiger partial charge in [0.05, 0.1) is 16.3 Å². The maximum Gasteiger partial charge on any atom is 0.292 e. The molecule has 1 unspecified atom stereocenters. The second-order valence-electron chi connectivity index (χ2n) is 4.73. The topological polar surface area (TPSA) is 115 Å². The standard InChI is InChI=1S/C13H16ClN3O4/c1-3-13(2,11(18)7-14)16-12(19)8-4-5-9(15)10(6-8)17(20)21/h4-6H,3,7,15H2,1-2H3,(H,16,19). The predicted molar refractivity (Wildman–Crippen MR) is 79.4 cm³/mol. The number of Topliss-reactive ketones (excluding diaryl/α,β-unsaturated/α-hetero) is 1. The summed E-state index contributed by atoms with van der Waals surface area (Å²) in [6.07, 6.45) is 0.349. The molecule has 0 fully saturated rings. The highest BCUT2D eigenvalue weighted by Crippen LogP contribution is 2.23. The molecule has 1 aromatic carbocycles. The van der Waals surface area contributed by atoms with E-state index in [2.05, 4.69) is 5.32 Å². The Bertz CT molecular complexity index is 591. The molecule has 0 saturated heterocycles. The molecule has 0 aliphatic carbocycles. The van der Waals surface area contributed by atoms with E-state index in [4.69, 9.17) is 17.3 Å². The quantitative estimate of drug-likeness (QED) is 0.360. The molecule has 0 heterocycles. The number of amides is 1. The summed E-state index contributed by atoms with van der Waals surface area (Å²) in [6, 6.07) is 3.71.